The van der Waals surface area contributed by atoms with Gasteiger partial charge in [0.05, 0.1) is 7.11 Å². The van der Waals surface area contributed by atoms with Gasteiger partial charge in [0.15, 0.2) is 5.96 Å². The minimum absolute atomic E-state index is 0. The molecule has 0 aliphatic rings. The molecule has 0 atom stereocenters. The summed E-state index contributed by atoms with van der Waals surface area (Å²) in [6.07, 6.45) is 0. The zero-order valence-corrected chi connectivity index (χ0v) is 19.5. The molecule has 2 rings (SSSR count). The highest BCUT2D eigenvalue weighted by molar-refractivity contribution is 14.0. The predicted octanol–water partition coefficient (Wildman–Crippen LogP) is 3.20. The number of methoxy groups -OCH3 is 1. The summed E-state index contributed by atoms with van der Waals surface area (Å²) in [6.45, 7) is 3.16. The van der Waals surface area contributed by atoms with E-state index >= 15 is 0 Å². The number of aliphatic imine (C=N–C) groups is 1. The van der Waals surface area contributed by atoms with Crippen molar-refractivity contribution in [3.8, 4) is 5.75 Å². The third kappa shape index (κ3) is 7.19. The number of nitrogens with one attached hydrogen (secondary N) is 2. The van der Waals surface area contributed by atoms with Crippen molar-refractivity contribution in [1.82, 2.24) is 15.5 Å². The van der Waals surface area contributed by atoms with Crippen LogP contribution in [0, 0.1) is 12.7 Å². The number of para-hydroxylation sites is 1. The number of carbonyl (C=O) groups is 1. The van der Waals surface area contributed by atoms with Crippen molar-refractivity contribution in [2.24, 2.45) is 4.99 Å². The quantitative estimate of drug-likeness (QED) is 0.258. The lowest BCUT2D eigenvalue weighted by Gasteiger charge is -2.23. The standard InChI is InChI=1S/C21H27FN4O2.HI/c1-15-9-10-16(13-18(15)22)20(27)24-11-12-25-21(23-2)26(3)14-17-7-5-6-8-19(17)28-4;/h5-10,13H,11-12,14H2,1-4H3,(H,23,25)(H,24,27);1H. The Kier molecular flexibility index (Phi) is 10.4. The summed E-state index contributed by atoms with van der Waals surface area (Å²) in [5.74, 6) is 0.825. The summed E-state index contributed by atoms with van der Waals surface area (Å²) >= 11 is 0. The van der Waals surface area contributed by atoms with E-state index in [1.54, 1.807) is 33.2 Å². The largest absolute Gasteiger partial charge is 0.496 e. The number of aryl methyl sites for hydroxylation is 1. The summed E-state index contributed by atoms with van der Waals surface area (Å²) in [5, 5.41) is 5.97. The van der Waals surface area contributed by atoms with Crippen LogP contribution in [0.25, 0.3) is 0 Å². The fraction of sp³-hybridized carbons (Fsp3) is 0.333. The molecule has 0 saturated carbocycles. The van der Waals surface area contributed by atoms with Crippen molar-refractivity contribution in [3.05, 3.63) is 65.0 Å². The Morgan fingerprint density at radius 3 is 2.52 bits per heavy atom. The Hall–Kier alpha value is -2.36. The average molecular weight is 514 g/mol. The van der Waals surface area contributed by atoms with Gasteiger partial charge in [-0.25, -0.2) is 4.39 Å². The van der Waals surface area contributed by atoms with E-state index in [9.17, 15) is 9.18 Å². The SMILES string of the molecule is CN=C(NCCNC(=O)c1ccc(C)c(F)c1)N(C)Cc1ccccc1OC.I. The van der Waals surface area contributed by atoms with Crippen molar-refractivity contribution in [2.75, 3.05) is 34.3 Å². The number of benzene rings is 2. The number of halogens is 2. The van der Waals surface area contributed by atoms with Crippen LogP contribution in [0.1, 0.15) is 21.5 Å². The number of hydrogen-bond acceptors (Lipinski definition) is 3. The van der Waals surface area contributed by atoms with Crippen LogP contribution < -0.4 is 15.4 Å². The zero-order valence-electron chi connectivity index (χ0n) is 17.2. The molecule has 0 radical (unpaired) electrons. The van der Waals surface area contributed by atoms with Gasteiger partial charge in [0, 0.05) is 44.9 Å². The van der Waals surface area contributed by atoms with Gasteiger partial charge in [-0.3, -0.25) is 9.79 Å². The Bertz CT molecular complexity index is 845. The first-order valence-corrected chi connectivity index (χ1v) is 9.04. The molecule has 2 aromatic carbocycles. The summed E-state index contributed by atoms with van der Waals surface area (Å²) in [4.78, 5) is 18.3. The highest BCUT2D eigenvalue weighted by Gasteiger charge is 2.11. The molecule has 0 aliphatic carbocycles. The molecule has 0 bridgehead atoms. The molecule has 2 aromatic rings. The lowest BCUT2D eigenvalue weighted by atomic mass is 10.1. The number of nitrogens with zero attached hydrogens (tertiary/aromatic N) is 2. The van der Waals surface area contributed by atoms with Gasteiger partial charge in [-0.2, -0.15) is 0 Å². The Labute approximate surface area is 188 Å². The second-order valence-electron chi connectivity index (χ2n) is 6.36. The van der Waals surface area contributed by atoms with Gasteiger partial charge in [0.2, 0.25) is 0 Å². The van der Waals surface area contributed by atoms with Crippen molar-refractivity contribution in [3.63, 3.8) is 0 Å². The Morgan fingerprint density at radius 2 is 1.86 bits per heavy atom. The molecule has 8 heteroatoms. The van der Waals surface area contributed by atoms with Crippen LogP contribution in [0.4, 0.5) is 4.39 Å². The second kappa shape index (κ2) is 12.3. The molecule has 158 valence electrons. The van der Waals surface area contributed by atoms with Gasteiger partial charge >= 0.3 is 0 Å². The second-order valence-corrected chi connectivity index (χ2v) is 6.36. The number of amides is 1. The van der Waals surface area contributed by atoms with E-state index in [2.05, 4.69) is 15.6 Å². The van der Waals surface area contributed by atoms with Gasteiger partial charge in [-0.1, -0.05) is 24.3 Å². The highest BCUT2D eigenvalue weighted by Crippen LogP contribution is 2.18. The molecule has 0 saturated heterocycles. The molecule has 0 unspecified atom stereocenters. The van der Waals surface area contributed by atoms with Crippen LogP contribution >= 0.6 is 24.0 Å². The van der Waals surface area contributed by atoms with Crippen LogP contribution in [0.5, 0.6) is 5.75 Å². The van der Waals surface area contributed by atoms with Crippen LogP contribution in [-0.4, -0.2) is 51.1 Å². The van der Waals surface area contributed by atoms with Gasteiger partial charge < -0.3 is 20.3 Å². The number of guanidine groups is 1. The molecule has 0 heterocycles. The van der Waals surface area contributed by atoms with Gasteiger partial charge in [-0.05, 0) is 30.7 Å². The van der Waals surface area contributed by atoms with E-state index in [4.69, 9.17) is 4.74 Å². The first-order valence-electron chi connectivity index (χ1n) is 9.04. The molecule has 29 heavy (non-hydrogen) atoms. The summed E-state index contributed by atoms with van der Waals surface area (Å²) in [6, 6.07) is 12.3. The fourth-order valence-electron chi connectivity index (χ4n) is 2.74. The van der Waals surface area contributed by atoms with Gasteiger partial charge in [0.25, 0.3) is 5.91 Å². The maximum atomic E-state index is 13.6. The number of ether oxygens (including phenoxy) is 1. The van der Waals surface area contributed by atoms with E-state index in [0.717, 1.165) is 11.3 Å². The lowest BCUT2D eigenvalue weighted by molar-refractivity contribution is 0.0954. The molecule has 0 spiro atoms. The monoisotopic (exact) mass is 514 g/mol. The topological polar surface area (TPSA) is 66.0 Å². The molecular weight excluding hydrogens is 486 g/mol. The van der Waals surface area contributed by atoms with Crippen LogP contribution in [0.2, 0.25) is 0 Å². The van der Waals surface area contributed by atoms with Crippen LogP contribution in [-0.2, 0) is 6.54 Å². The maximum Gasteiger partial charge on any atom is 0.251 e. The number of hydrogen-bond donors (Lipinski definition) is 2. The van der Waals surface area contributed by atoms with E-state index < -0.39 is 0 Å². The highest BCUT2D eigenvalue weighted by atomic mass is 127. The third-order valence-corrected chi connectivity index (χ3v) is 4.30. The van der Waals surface area contributed by atoms with Crippen molar-refractivity contribution in [2.45, 2.75) is 13.5 Å². The minimum atomic E-state index is -0.385. The third-order valence-electron chi connectivity index (χ3n) is 4.30. The summed E-state index contributed by atoms with van der Waals surface area (Å²) in [7, 11) is 5.28. The minimum Gasteiger partial charge on any atom is -0.496 e. The van der Waals surface area contributed by atoms with E-state index in [0.29, 0.717) is 36.7 Å². The smallest absolute Gasteiger partial charge is 0.251 e. The van der Waals surface area contributed by atoms with E-state index in [-0.39, 0.29) is 35.7 Å². The van der Waals surface area contributed by atoms with Gasteiger partial charge in [0.1, 0.15) is 11.6 Å². The Balaban J connectivity index is 0.00000420. The average Bonchev–Trinajstić information content (AvgIpc) is 2.70. The van der Waals surface area contributed by atoms with Crippen molar-refractivity contribution >= 4 is 35.8 Å². The fourth-order valence-corrected chi connectivity index (χ4v) is 2.74. The zero-order chi connectivity index (χ0) is 20.5. The maximum absolute atomic E-state index is 13.6. The molecule has 6 nitrogen and oxygen atoms in total. The van der Waals surface area contributed by atoms with Crippen molar-refractivity contribution in [1.29, 1.82) is 0 Å². The number of carbonyl (C=O) groups excluding carboxylic acids is 1. The van der Waals surface area contributed by atoms with Crippen LogP contribution in [0.3, 0.4) is 0 Å². The molecule has 0 fully saturated rings. The molecule has 0 aliphatic heterocycles. The first kappa shape index (κ1) is 24.7. The summed E-state index contributed by atoms with van der Waals surface area (Å²) < 4.78 is 19.0. The molecule has 1 amide bonds. The number of rotatable bonds is 7. The normalized spacial score (nSPS) is 10.7. The van der Waals surface area contributed by atoms with E-state index in [1.165, 1.54) is 6.07 Å². The van der Waals surface area contributed by atoms with Crippen molar-refractivity contribution < 1.29 is 13.9 Å². The first-order chi connectivity index (χ1) is 13.5. The molecule has 0 aromatic heterocycles. The van der Waals surface area contributed by atoms with Gasteiger partial charge in [-0.15, -0.1) is 24.0 Å². The van der Waals surface area contributed by atoms with E-state index in [1.807, 2.05) is 36.2 Å². The molecular formula is C21H28FIN4O2. The van der Waals surface area contributed by atoms with Crippen LogP contribution in [0.15, 0.2) is 47.5 Å². The molecule has 2 N–H and O–H groups in total. The predicted molar refractivity (Wildman–Crippen MR) is 125 cm³/mol. The lowest BCUT2D eigenvalue weighted by Crippen LogP contribution is -2.42. The summed E-state index contributed by atoms with van der Waals surface area (Å²) in [5.41, 5.74) is 1.87. The Morgan fingerprint density at radius 1 is 1.17 bits per heavy atom.